The fraction of sp³-hybridized carbons (Fsp3) is 0.417. The second kappa shape index (κ2) is 4.58. The molecule has 1 unspecified atom stereocenters. The molecular formula is C12H16NO. The molecule has 0 spiro atoms. The summed E-state index contributed by atoms with van der Waals surface area (Å²) in [5.74, 6) is 0. The van der Waals surface area contributed by atoms with Crippen LogP contribution >= 0.6 is 0 Å². The highest BCUT2D eigenvalue weighted by molar-refractivity contribution is 5.14. The maximum Gasteiger partial charge on any atom is 0.0356 e. The smallest absolute Gasteiger partial charge is 0.0356 e. The van der Waals surface area contributed by atoms with E-state index in [9.17, 15) is 5.21 Å². The summed E-state index contributed by atoms with van der Waals surface area (Å²) in [4.78, 5) is 0. The van der Waals surface area contributed by atoms with E-state index in [0.717, 1.165) is 25.8 Å². The van der Waals surface area contributed by atoms with Crippen LogP contribution in [0.1, 0.15) is 18.4 Å². The van der Waals surface area contributed by atoms with Crippen LogP contribution in [-0.4, -0.2) is 22.9 Å². The topological polar surface area (TPSA) is 23.5 Å². The van der Waals surface area contributed by atoms with E-state index in [0.29, 0.717) is 6.04 Å². The molecule has 2 nitrogen and oxygen atoms in total. The highest BCUT2D eigenvalue weighted by Gasteiger charge is 2.22. The van der Waals surface area contributed by atoms with Crippen molar-refractivity contribution in [3.8, 4) is 0 Å². The van der Waals surface area contributed by atoms with Crippen molar-refractivity contribution in [1.29, 1.82) is 0 Å². The van der Waals surface area contributed by atoms with E-state index in [4.69, 9.17) is 0 Å². The van der Waals surface area contributed by atoms with Crippen molar-refractivity contribution in [3.05, 3.63) is 42.3 Å². The molecule has 0 amide bonds. The Kier molecular flexibility index (Phi) is 3.17. The largest absolute Gasteiger partial charge is 0.314 e. The summed E-state index contributed by atoms with van der Waals surface area (Å²) in [6, 6.07) is 10.8. The molecule has 2 heteroatoms. The Labute approximate surface area is 85.1 Å². The van der Waals surface area contributed by atoms with E-state index in [-0.39, 0.29) is 0 Å². The second-order valence-electron chi connectivity index (χ2n) is 3.82. The zero-order valence-electron chi connectivity index (χ0n) is 8.26. The molecule has 1 atom stereocenters. The van der Waals surface area contributed by atoms with Crippen molar-refractivity contribution in [2.75, 3.05) is 6.54 Å². The number of hydrogen-bond acceptors (Lipinski definition) is 2. The van der Waals surface area contributed by atoms with E-state index < -0.39 is 0 Å². The number of aryl methyl sites for hydroxylation is 1. The number of hydroxylamine groups is 2. The molecule has 14 heavy (non-hydrogen) atoms. The molecule has 75 valence electrons. The van der Waals surface area contributed by atoms with Crippen LogP contribution in [0.4, 0.5) is 0 Å². The average Bonchev–Trinajstić information content (AvgIpc) is 2.63. The summed E-state index contributed by atoms with van der Waals surface area (Å²) in [7, 11) is 0. The average molecular weight is 190 g/mol. The van der Waals surface area contributed by atoms with Crippen molar-refractivity contribution in [1.82, 2.24) is 5.06 Å². The van der Waals surface area contributed by atoms with E-state index in [1.54, 1.807) is 0 Å². The summed E-state index contributed by atoms with van der Waals surface area (Å²) in [6.45, 7) is 0.722. The monoisotopic (exact) mass is 190 g/mol. The van der Waals surface area contributed by atoms with Crippen LogP contribution in [0, 0.1) is 6.42 Å². The standard InChI is InChI=1S/C12H16NO/c14-13-10-4-7-12(13)9-8-11-5-2-1-3-6-11/h1-6,12,14H,7-10H2. The molecule has 0 saturated carbocycles. The third-order valence-corrected chi connectivity index (χ3v) is 2.79. The summed E-state index contributed by atoms with van der Waals surface area (Å²) in [6.07, 6.45) is 5.24. The third-order valence-electron chi connectivity index (χ3n) is 2.79. The van der Waals surface area contributed by atoms with Gasteiger partial charge in [0.2, 0.25) is 0 Å². The molecule has 1 aromatic rings. The predicted octanol–water partition coefficient (Wildman–Crippen LogP) is 2.29. The molecule has 1 saturated heterocycles. The molecule has 1 aromatic carbocycles. The van der Waals surface area contributed by atoms with E-state index in [1.165, 1.54) is 10.6 Å². The highest BCUT2D eigenvalue weighted by Crippen LogP contribution is 2.18. The van der Waals surface area contributed by atoms with E-state index in [2.05, 4.69) is 30.7 Å². The normalized spacial score (nSPS) is 22.8. The van der Waals surface area contributed by atoms with Crippen LogP contribution in [0.5, 0.6) is 0 Å². The van der Waals surface area contributed by atoms with E-state index in [1.807, 2.05) is 6.07 Å². The predicted molar refractivity (Wildman–Crippen MR) is 56.0 cm³/mol. The van der Waals surface area contributed by atoms with Gasteiger partial charge in [-0.3, -0.25) is 0 Å². The van der Waals surface area contributed by atoms with Gasteiger partial charge < -0.3 is 5.21 Å². The Morgan fingerprint density at radius 3 is 2.71 bits per heavy atom. The number of nitrogens with zero attached hydrogens (tertiary/aromatic N) is 1. The van der Waals surface area contributed by atoms with Gasteiger partial charge in [0.1, 0.15) is 0 Å². The minimum atomic E-state index is 0.329. The quantitative estimate of drug-likeness (QED) is 0.790. The number of hydrogen-bond donors (Lipinski definition) is 1. The third kappa shape index (κ3) is 2.34. The van der Waals surface area contributed by atoms with Crippen LogP contribution in [-0.2, 0) is 6.42 Å². The Morgan fingerprint density at radius 1 is 1.29 bits per heavy atom. The first kappa shape index (κ1) is 9.69. The lowest BCUT2D eigenvalue weighted by Crippen LogP contribution is -2.25. The first-order valence-corrected chi connectivity index (χ1v) is 5.17. The maximum atomic E-state index is 9.47. The van der Waals surface area contributed by atoms with Gasteiger partial charge >= 0.3 is 0 Å². The first-order chi connectivity index (χ1) is 6.86. The Bertz CT molecular complexity index is 273. The van der Waals surface area contributed by atoms with E-state index >= 15 is 0 Å². The van der Waals surface area contributed by atoms with Crippen molar-refractivity contribution in [2.24, 2.45) is 0 Å². The summed E-state index contributed by atoms with van der Waals surface area (Å²) >= 11 is 0. The Hall–Kier alpha value is -0.860. The van der Waals surface area contributed by atoms with Crippen molar-refractivity contribution < 1.29 is 5.21 Å². The number of benzene rings is 1. The molecule has 1 aliphatic heterocycles. The molecule has 1 aliphatic rings. The molecular weight excluding hydrogens is 174 g/mol. The lowest BCUT2D eigenvalue weighted by atomic mass is 10.0. The molecule has 1 N–H and O–H groups in total. The molecule has 1 heterocycles. The zero-order chi connectivity index (χ0) is 9.80. The van der Waals surface area contributed by atoms with Gasteiger partial charge in [0.15, 0.2) is 0 Å². The summed E-state index contributed by atoms with van der Waals surface area (Å²) in [5, 5.41) is 10.9. The first-order valence-electron chi connectivity index (χ1n) is 5.17. The molecule has 0 aliphatic carbocycles. The molecule has 1 radical (unpaired) electrons. The van der Waals surface area contributed by atoms with Crippen molar-refractivity contribution in [3.63, 3.8) is 0 Å². The number of rotatable bonds is 3. The minimum Gasteiger partial charge on any atom is -0.314 e. The van der Waals surface area contributed by atoms with Gasteiger partial charge in [-0.15, -0.1) is 0 Å². The summed E-state index contributed by atoms with van der Waals surface area (Å²) < 4.78 is 0. The SMILES string of the molecule is ON1C[CH]CC1CCc1ccccc1. The lowest BCUT2D eigenvalue weighted by molar-refractivity contribution is -0.102. The molecule has 0 aromatic heterocycles. The molecule has 1 fully saturated rings. The van der Waals surface area contributed by atoms with Gasteiger partial charge in [-0.2, -0.15) is 5.06 Å². The van der Waals surface area contributed by atoms with Crippen LogP contribution in [0.15, 0.2) is 30.3 Å². The van der Waals surface area contributed by atoms with Gasteiger partial charge in [-0.05, 0) is 31.2 Å². The van der Waals surface area contributed by atoms with Crippen LogP contribution < -0.4 is 0 Å². The van der Waals surface area contributed by atoms with Crippen LogP contribution in [0.25, 0.3) is 0 Å². The molecule has 0 bridgehead atoms. The van der Waals surface area contributed by atoms with Crippen LogP contribution in [0.2, 0.25) is 0 Å². The van der Waals surface area contributed by atoms with Gasteiger partial charge in [0, 0.05) is 12.6 Å². The van der Waals surface area contributed by atoms with Gasteiger partial charge in [0.25, 0.3) is 0 Å². The van der Waals surface area contributed by atoms with Crippen LogP contribution in [0.3, 0.4) is 0 Å². The Balaban J connectivity index is 1.82. The minimum absolute atomic E-state index is 0.329. The zero-order valence-corrected chi connectivity index (χ0v) is 8.26. The summed E-state index contributed by atoms with van der Waals surface area (Å²) in [5.41, 5.74) is 1.35. The van der Waals surface area contributed by atoms with Crippen molar-refractivity contribution in [2.45, 2.75) is 25.3 Å². The molecule has 2 rings (SSSR count). The van der Waals surface area contributed by atoms with Crippen molar-refractivity contribution >= 4 is 0 Å². The van der Waals surface area contributed by atoms with Gasteiger partial charge in [-0.1, -0.05) is 30.3 Å². The lowest BCUT2D eigenvalue weighted by Gasteiger charge is -2.16. The fourth-order valence-electron chi connectivity index (χ4n) is 1.91. The Morgan fingerprint density at radius 2 is 2.07 bits per heavy atom. The van der Waals surface area contributed by atoms with Gasteiger partial charge in [0.05, 0.1) is 0 Å². The second-order valence-corrected chi connectivity index (χ2v) is 3.82. The fourth-order valence-corrected chi connectivity index (χ4v) is 1.91. The maximum absolute atomic E-state index is 9.47. The highest BCUT2D eigenvalue weighted by atomic mass is 16.5. The van der Waals surface area contributed by atoms with Gasteiger partial charge in [-0.25, -0.2) is 0 Å².